The molecule has 0 amide bonds. The molecule has 0 atom stereocenters. The maximum Gasteiger partial charge on any atom is 0.136 e. The van der Waals surface area contributed by atoms with Gasteiger partial charge in [-0.2, -0.15) is 0 Å². The van der Waals surface area contributed by atoms with Crippen LogP contribution in [0.2, 0.25) is 0 Å². The van der Waals surface area contributed by atoms with Crippen LogP contribution in [0.15, 0.2) is 16.6 Å². The lowest BCUT2D eigenvalue weighted by molar-refractivity contribution is 0.403. The lowest BCUT2D eigenvalue weighted by Crippen LogP contribution is -2.22. The molecule has 1 saturated carbocycles. The Labute approximate surface area is 103 Å². The Kier molecular flexibility index (Phi) is 3.22. The summed E-state index contributed by atoms with van der Waals surface area (Å²) in [5.74, 6) is 0.468. The summed E-state index contributed by atoms with van der Waals surface area (Å²) in [5.41, 5.74) is 6.89. The topological polar surface area (TPSA) is 35.2 Å². The molecule has 2 nitrogen and oxygen atoms in total. The molecule has 1 aliphatic carbocycles. The number of rotatable bonds is 4. The summed E-state index contributed by atoms with van der Waals surface area (Å²) >= 11 is 3.30. The fourth-order valence-electron chi connectivity index (χ4n) is 1.82. The van der Waals surface area contributed by atoms with Crippen LogP contribution in [0.3, 0.4) is 0 Å². The summed E-state index contributed by atoms with van der Waals surface area (Å²) in [6.07, 6.45) is 3.80. The summed E-state index contributed by atoms with van der Waals surface area (Å²) in [4.78, 5) is 0. The van der Waals surface area contributed by atoms with Crippen molar-refractivity contribution in [3.8, 4) is 5.75 Å². The van der Waals surface area contributed by atoms with Crippen molar-refractivity contribution in [3.63, 3.8) is 0 Å². The molecule has 2 N–H and O–H groups in total. The fraction of sp³-hybridized carbons (Fsp3) is 0.500. The molecule has 0 radical (unpaired) electrons. The Morgan fingerprint density at radius 3 is 2.75 bits per heavy atom. The van der Waals surface area contributed by atoms with Gasteiger partial charge in [-0.05, 0) is 59.3 Å². The van der Waals surface area contributed by atoms with E-state index in [0.717, 1.165) is 31.2 Å². The highest BCUT2D eigenvalue weighted by molar-refractivity contribution is 9.10. The van der Waals surface area contributed by atoms with Crippen LogP contribution >= 0.6 is 15.9 Å². The minimum Gasteiger partial charge on any atom is -0.495 e. The van der Waals surface area contributed by atoms with Gasteiger partial charge in [-0.1, -0.05) is 0 Å². The van der Waals surface area contributed by atoms with Crippen molar-refractivity contribution >= 4 is 15.9 Å². The zero-order chi connectivity index (χ0) is 11.8. The van der Waals surface area contributed by atoms with Crippen molar-refractivity contribution in [3.05, 3.63) is 28.0 Å². The molecule has 2 rings (SSSR count). The van der Waals surface area contributed by atoms with Crippen molar-refractivity contribution in [2.24, 2.45) is 5.73 Å². The van der Waals surface area contributed by atoms with E-state index in [2.05, 4.69) is 15.9 Å². The lowest BCUT2D eigenvalue weighted by atomic mass is 10.0. The Hall–Kier alpha value is -0.610. The standard InChI is InChI=1S/C12H15BrFNO/c1-16-11-8(2-3-12(15)4-5-12)6-9(14)7-10(11)13/h6-7H,2-5,15H2,1H3. The van der Waals surface area contributed by atoms with Crippen LogP contribution in [-0.2, 0) is 6.42 Å². The predicted octanol–water partition coefficient (Wildman–Crippen LogP) is 3.02. The summed E-state index contributed by atoms with van der Waals surface area (Å²) in [6.45, 7) is 0. The number of hydrogen-bond donors (Lipinski definition) is 1. The van der Waals surface area contributed by atoms with Crippen molar-refractivity contribution in [1.82, 2.24) is 0 Å². The molecule has 0 spiro atoms. The SMILES string of the molecule is COc1c(Br)cc(F)cc1CCC1(N)CC1. The van der Waals surface area contributed by atoms with Gasteiger partial charge in [-0.3, -0.25) is 0 Å². The summed E-state index contributed by atoms with van der Waals surface area (Å²) in [7, 11) is 1.59. The molecular formula is C12H15BrFNO. The van der Waals surface area contributed by atoms with Crippen LogP contribution in [0.4, 0.5) is 4.39 Å². The van der Waals surface area contributed by atoms with Crippen molar-refractivity contribution < 1.29 is 9.13 Å². The minimum absolute atomic E-state index is 0.0101. The highest BCUT2D eigenvalue weighted by Crippen LogP contribution is 2.38. The molecule has 16 heavy (non-hydrogen) atoms. The molecular weight excluding hydrogens is 273 g/mol. The normalized spacial score (nSPS) is 17.2. The number of halogens is 2. The highest BCUT2D eigenvalue weighted by Gasteiger charge is 2.37. The van der Waals surface area contributed by atoms with E-state index >= 15 is 0 Å². The number of aryl methyl sites for hydroxylation is 1. The van der Waals surface area contributed by atoms with Gasteiger partial charge in [0.05, 0.1) is 11.6 Å². The van der Waals surface area contributed by atoms with E-state index in [1.54, 1.807) is 7.11 Å². The first kappa shape index (κ1) is 11.9. The zero-order valence-electron chi connectivity index (χ0n) is 9.22. The van der Waals surface area contributed by atoms with E-state index in [-0.39, 0.29) is 11.4 Å². The van der Waals surface area contributed by atoms with Gasteiger partial charge in [-0.15, -0.1) is 0 Å². The number of ether oxygens (including phenoxy) is 1. The summed E-state index contributed by atoms with van der Waals surface area (Å²) in [6, 6.07) is 2.94. The molecule has 0 unspecified atom stereocenters. The molecule has 0 aliphatic heterocycles. The first-order valence-corrected chi connectivity index (χ1v) is 6.14. The molecule has 0 heterocycles. The van der Waals surface area contributed by atoms with Gasteiger partial charge in [-0.25, -0.2) is 4.39 Å². The average Bonchev–Trinajstić information content (AvgIpc) is 2.94. The number of hydrogen-bond acceptors (Lipinski definition) is 2. The third kappa shape index (κ3) is 2.55. The van der Waals surface area contributed by atoms with Crippen LogP contribution in [0, 0.1) is 5.82 Å². The highest BCUT2D eigenvalue weighted by atomic mass is 79.9. The van der Waals surface area contributed by atoms with Gasteiger partial charge in [0.25, 0.3) is 0 Å². The Morgan fingerprint density at radius 1 is 1.50 bits per heavy atom. The van der Waals surface area contributed by atoms with E-state index in [4.69, 9.17) is 10.5 Å². The predicted molar refractivity (Wildman–Crippen MR) is 65.1 cm³/mol. The molecule has 1 fully saturated rings. The molecule has 1 aromatic rings. The lowest BCUT2D eigenvalue weighted by Gasteiger charge is -2.13. The molecule has 1 aromatic carbocycles. The van der Waals surface area contributed by atoms with Gasteiger partial charge in [0.2, 0.25) is 0 Å². The van der Waals surface area contributed by atoms with Gasteiger partial charge < -0.3 is 10.5 Å². The third-order valence-corrected chi connectivity index (χ3v) is 3.66. The number of benzene rings is 1. The number of nitrogens with two attached hydrogens (primary N) is 1. The van der Waals surface area contributed by atoms with Gasteiger partial charge in [0, 0.05) is 5.54 Å². The van der Waals surface area contributed by atoms with Crippen LogP contribution < -0.4 is 10.5 Å². The van der Waals surface area contributed by atoms with Gasteiger partial charge in [0.1, 0.15) is 11.6 Å². The molecule has 0 bridgehead atoms. The quantitative estimate of drug-likeness (QED) is 0.924. The zero-order valence-corrected chi connectivity index (χ0v) is 10.8. The maximum atomic E-state index is 13.3. The van der Waals surface area contributed by atoms with E-state index < -0.39 is 0 Å². The second-order valence-electron chi connectivity index (χ2n) is 4.44. The molecule has 88 valence electrons. The molecule has 0 saturated heterocycles. The molecule has 0 aromatic heterocycles. The maximum absolute atomic E-state index is 13.3. The van der Waals surface area contributed by atoms with Crippen molar-refractivity contribution in [1.29, 1.82) is 0 Å². The summed E-state index contributed by atoms with van der Waals surface area (Å²) < 4.78 is 19.2. The first-order valence-electron chi connectivity index (χ1n) is 5.35. The third-order valence-electron chi connectivity index (χ3n) is 3.07. The molecule has 4 heteroatoms. The first-order chi connectivity index (χ1) is 7.54. The summed E-state index contributed by atoms with van der Waals surface area (Å²) in [5, 5.41) is 0. The van der Waals surface area contributed by atoms with E-state index in [9.17, 15) is 4.39 Å². The van der Waals surface area contributed by atoms with Crippen molar-refractivity contribution in [2.75, 3.05) is 7.11 Å². The van der Waals surface area contributed by atoms with Crippen LogP contribution in [0.1, 0.15) is 24.8 Å². The van der Waals surface area contributed by atoms with Crippen molar-refractivity contribution in [2.45, 2.75) is 31.2 Å². The molecule has 1 aliphatic rings. The van der Waals surface area contributed by atoms with E-state index in [1.165, 1.54) is 12.1 Å². The van der Waals surface area contributed by atoms with Crippen LogP contribution in [0.25, 0.3) is 0 Å². The monoisotopic (exact) mass is 287 g/mol. The fourth-order valence-corrected chi connectivity index (χ4v) is 2.46. The Balaban J connectivity index is 2.17. The van der Waals surface area contributed by atoms with Crippen LogP contribution in [0.5, 0.6) is 5.75 Å². The average molecular weight is 288 g/mol. The Morgan fingerprint density at radius 2 is 2.19 bits per heavy atom. The largest absolute Gasteiger partial charge is 0.495 e. The van der Waals surface area contributed by atoms with E-state index in [1.807, 2.05) is 0 Å². The second kappa shape index (κ2) is 4.34. The Bertz CT molecular complexity index is 404. The van der Waals surface area contributed by atoms with Gasteiger partial charge >= 0.3 is 0 Å². The minimum atomic E-state index is -0.246. The smallest absolute Gasteiger partial charge is 0.136 e. The number of methoxy groups -OCH3 is 1. The van der Waals surface area contributed by atoms with E-state index in [0.29, 0.717) is 10.2 Å². The van der Waals surface area contributed by atoms with Gasteiger partial charge in [0.15, 0.2) is 0 Å². The second-order valence-corrected chi connectivity index (χ2v) is 5.30. The van der Waals surface area contributed by atoms with Crippen LogP contribution in [-0.4, -0.2) is 12.6 Å².